The summed E-state index contributed by atoms with van der Waals surface area (Å²) in [6.07, 6.45) is -0.620. The first kappa shape index (κ1) is 20.0. The summed E-state index contributed by atoms with van der Waals surface area (Å²) in [6.45, 7) is 7.82. The highest BCUT2D eigenvalue weighted by Crippen LogP contribution is 2.37. The molecule has 2 aromatic carbocycles. The Morgan fingerprint density at radius 2 is 1.96 bits per heavy atom. The van der Waals surface area contributed by atoms with Gasteiger partial charge in [-0.1, -0.05) is 23.7 Å². The number of urea groups is 1. The van der Waals surface area contributed by atoms with Crippen LogP contribution in [0.5, 0.6) is 5.75 Å². The molecule has 0 unspecified atom stereocenters. The van der Waals surface area contributed by atoms with Gasteiger partial charge in [0.15, 0.2) is 6.10 Å². The van der Waals surface area contributed by atoms with Gasteiger partial charge in [0.25, 0.3) is 5.91 Å². The Bertz CT molecular complexity index is 908. The van der Waals surface area contributed by atoms with E-state index in [2.05, 4.69) is 10.6 Å². The van der Waals surface area contributed by atoms with E-state index >= 15 is 0 Å². The maximum Gasteiger partial charge on any atom is 0.319 e. The Labute approximate surface area is 169 Å². The molecule has 0 saturated carbocycles. The molecule has 6 nitrogen and oxygen atoms in total. The molecule has 2 N–H and O–H groups in total. The molecule has 28 heavy (non-hydrogen) atoms. The third-order valence-corrected chi connectivity index (χ3v) is 4.38. The van der Waals surface area contributed by atoms with E-state index < -0.39 is 6.10 Å². The fourth-order valence-corrected chi connectivity index (χ4v) is 3.19. The molecule has 1 aliphatic rings. The molecule has 1 atom stereocenters. The lowest BCUT2D eigenvalue weighted by Gasteiger charge is -2.33. The summed E-state index contributed by atoms with van der Waals surface area (Å²) in [7, 11) is 0. The Balaban J connectivity index is 1.84. The van der Waals surface area contributed by atoms with Crippen molar-refractivity contribution in [3.05, 3.63) is 53.1 Å². The first-order valence-corrected chi connectivity index (χ1v) is 9.46. The van der Waals surface area contributed by atoms with E-state index in [1.807, 2.05) is 39.0 Å². The highest BCUT2D eigenvalue weighted by molar-refractivity contribution is 6.30. The minimum Gasteiger partial charge on any atom is -0.479 e. The topological polar surface area (TPSA) is 70.7 Å². The second-order valence-corrected chi connectivity index (χ2v) is 8.26. The minimum atomic E-state index is -0.620. The first-order chi connectivity index (χ1) is 13.1. The SMILES string of the molecule is C[C@H]1Oc2cc(NC(=O)NC(C)(C)C)ccc2N(Cc2cccc(Cl)c2)C1=O. The lowest BCUT2D eigenvalue weighted by Crippen LogP contribution is -2.44. The lowest BCUT2D eigenvalue weighted by molar-refractivity contribution is -0.125. The second kappa shape index (κ2) is 7.72. The van der Waals surface area contributed by atoms with Crippen molar-refractivity contribution < 1.29 is 14.3 Å². The Kier molecular flexibility index (Phi) is 5.52. The number of halogens is 1. The van der Waals surface area contributed by atoms with Gasteiger partial charge in [-0.25, -0.2) is 4.79 Å². The van der Waals surface area contributed by atoms with Crippen LogP contribution in [-0.4, -0.2) is 23.6 Å². The molecule has 0 aromatic heterocycles. The summed E-state index contributed by atoms with van der Waals surface area (Å²) >= 11 is 6.07. The number of anilines is 2. The number of hydrogen-bond donors (Lipinski definition) is 2. The average molecular weight is 402 g/mol. The highest BCUT2D eigenvalue weighted by Gasteiger charge is 2.31. The van der Waals surface area contributed by atoms with E-state index in [9.17, 15) is 9.59 Å². The van der Waals surface area contributed by atoms with E-state index in [0.717, 1.165) is 5.56 Å². The van der Waals surface area contributed by atoms with Crippen molar-refractivity contribution in [1.82, 2.24) is 5.32 Å². The number of fused-ring (bicyclic) bond motifs is 1. The number of nitrogens with zero attached hydrogens (tertiary/aromatic N) is 1. The maximum absolute atomic E-state index is 12.7. The molecular formula is C21H24ClN3O3. The van der Waals surface area contributed by atoms with Crippen LogP contribution in [0.2, 0.25) is 5.02 Å². The van der Waals surface area contributed by atoms with Crippen LogP contribution in [0.3, 0.4) is 0 Å². The number of hydrogen-bond acceptors (Lipinski definition) is 3. The van der Waals surface area contributed by atoms with Crippen LogP contribution in [0.1, 0.15) is 33.3 Å². The van der Waals surface area contributed by atoms with Crippen LogP contribution in [0.25, 0.3) is 0 Å². The van der Waals surface area contributed by atoms with E-state index in [4.69, 9.17) is 16.3 Å². The van der Waals surface area contributed by atoms with Crippen LogP contribution >= 0.6 is 11.6 Å². The van der Waals surface area contributed by atoms with E-state index in [0.29, 0.717) is 28.7 Å². The van der Waals surface area contributed by atoms with Gasteiger partial charge in [0, 0.05) is 22.3 Å². The number of amides is 3. The van der Waals surface area contributed by atoms with Crippen molar-refractivity contribution in [1.29, 1.82) is 0 Å². The average Bonchev–Trinajstić information content (AvgIpc) is 2.57. The van der Waals surface area contributed by atoms with Gasteiger partial charge < -0.3 is 20.3 Å². The molecule has 148 valence electrons. The predicted octanol–water partition coefficient (Wildman–Crippen LogP) is 4.57. The molecular weight excluding hydrogens is 378 g/mol. The van der Waals surface area contributed by atoms with Gasteiger partial charge in [0.1, 0.15) is 5.75 Å². The molecule has 3 amide bonds. The van der Waals surface area contributed by atoms with Crippen molar-refractivity contribution in [3.63, 3.8) is 0 Å². The van der Waals surface area contributed by atoms with Crippen molar-refractivity contribution in [3.8, 4) is 5.75 Å². The second-order valence-electron chi connectivity index (χ2n) is 7.83. The molecule has 2 aromatic rings. The van der Waals surface area contributed by atoms with E-state index in [-0.39, 0.29) is 17.5 Å². The molecule has 3 rings (SSSR count). The third kappa shape index (κ3) is 4.75. The summed E-state index contributed by atoms with van der Waals surface area (Å²) in [5.41, 5.74) is 1.82. The number of ether oxygens (including phenoxy) is 1. The summed E-state index contributed by atoms with van der Waals surface area (Å²) in [5.74, 6) is 0.418. The Morgan fingerprint density at radius 3 is 2.64 bits per heavy atom. The number of carbonyl (C=O) groups excluding carboxylic acids is 2. The quantitative estimate of drug-likeness (QED) is 0.791. The van der Waals surface area contributed by atoms with Gasteiger partial charge in [-0.05, 0) is 57.5 Å². The Morgan fingerprint density at radius 1 is 1.21 bits per heavy atom. The molecule has 1 aliphatic heterocycles. The van der Waals surface area contributed by atoms with Gasteiger partial charge in [-0.3, -0.25) is 4.79 Å². The molecule has 0 aliphatic carbocycles. The fourth-order valence-electron chi connectivity index (χ4n) is 2.97. The first-order valence-electron chi connectivity index (χ1n) is 9.08. The van der Waals surface area contributed by atoms with Crippen molar-refractivity contribution >= 4 is 34.9 Å². The number of rotatable bonds is 3. The third-order valence-electron chi connectivity index (χ3n) is 4.14. The number of nitrogens with one attached hydrogen (secondary N) is 2. The van der Waals surface area contributed by atoms with Crippen LogP contribution in [0, 0.1) is 0 Å². The molecule has 7 heteroatoms. The van der Waals surface area contributed by atoms with E-state index in [1.165, 1.54) is 0 Å². The van der Waals surface area contributed by atoms with Gasteiger partial charge in [-0.15, -0.1) is 0 Å². The molecule has 0 saturated heterocycles. The number of carbonyl (C=O) groups is 2. The largest absolute Gasteiger partial charge is 0.479 e. The maximum atomic E-state index is 12.7. The van der Waals surface area contributed by atoms with Crippen LogP contribution in [0.15, 0.2) is 42.5 Å². The van der Waals surface area contributed by atoms with Crippen LogP contribution in [-0.2, 0) is 11.3 Å². The fraction of sp³-hybridized carbons (Fsp3) is 0.333. The lowest BCUT2D eigenvalue weighted by atomic mass is 10.1. The van der Waals surface area contributed by atoms with Gasteiger partial charge in [0.2, 0.25) is 0 Å². The zero-order valence-corrected chi connectivity index (χ0v) is 17.1. The molecule has 0 bridgehead atoms. The summed E-state index contributed by atoms with van der Waals surface area (Å²) < 4.78 is 5.77. The predicted molar refractivity (Wildman–Crippen MR) is 111 cm³/mol. The van der Waals surface area contributed by atoms with Crippen LogP contribution < -0.4 is 20.3 Å². The zero-order chi connectivity index (χ0) is 20.5. The van der Waals surface area contributed by atoms with E-state index in [1.54, 1.807) is 36.1 Å². The summed E-state index contributed by atoms with van der Waals surface area (Å²) in [6, 6.07) is 12.4. The Hall–Kier alpha value is -2.73. The standard InChI is InChI=1S/C21H24ClN3O3/c1-13-19(26)25(12-14-6-5-7-15(22)10-14)17-9-8-16(11-18(17)28-13)23-20(27)24-21(2,3)4/h5-11,13H,12H2,1-4H3,(H2,23,24,27)/t13-/m1/s1. The van der Waals surface area contributed by atoms with Crippen LogP contribution in [0.4, 0.5) is 16.2 Å². The molecule has 0 spiro atoms. The molecule has 0 fully saturated rings. The molecule has 1 heterocycles. The van der Waals surface area contributed by atoms with Crippen molar-refractivity contribution in [2.24, 2.45) is 0 Å². The monoisotopic (exact) mass is 401 g/mol. The van der Waals surface area contributed by atoms with Crippen molar-refractivity contribution in [2.75, 3.05) is 10.2 Å². The summed E-state index contributed by atoms with van der Waals surface area (Å²) in [4.78, 5) is 26.5. The summed E-state index contributed by atoms with van der Waals surface area (Å²) in [5, 5.41) is 6.26. The zero-order valence-electron chi connectivity index (χ0n) is 16.4. The van der Waals surface area contributed by atoms with Gasteiger partial charge in [-0.2, -0.15) is 0 Å². The van der Waals surface area contributed by atoms with Gasteiger partial charge >= 0.3 is 6.03 Å². The van der Waals surface area contributed by atoms with Crippen molar-refractivity contribution in [2.45, 2.75) is 45.9 Å². The smallest absolute Gasteiger partial charge is 0.319 e. The highest BCUT2D eigenvalue weighted by atomic mass is 35.5. The van der Waals surface area contributed by atoms with Gasteiger partial charge in [0.05, 0.1) is 12.2 Å². The number of benzene rings is 2. The molecule has 0 radical (unpaired) electrons. The minimum absolute atomic E-state index is 0.126. The normalized spacial score (nSPS) is 16.2.